The van der Waals surface area contributed by atoms with Crippen LogP contribution in [-0.4, -0.2) is 28.9 Å². The van der Waals surface area contributed by atoms with Crippen molar-refractivity contribution >= 4 is 45.7 Å². The predicted molar refractivity (Wildman–Crippen MR) is 110 cm³/mol. The zero-order chi connectivity index (χ0) is 20.8. The molecule has 0 aliphatic carbocycles. The quantitative estimate of drug-likeness (QED) is 0.618. The number of halogens is 1. The fourth-order valence-electron chi connectivity index (χ4n) is 2.42. The molecule has 0 unspecified atom stereocenters. The number of carbonyl (C=O) groups is 2. The van der Waals surface area contributed by atoms with Crippen molar-refractivity contribution in [3.8, 4) is 5.88 Å². The van der Waals surface area contributed by atoms with Crippen LogP contribution in [0.25, 0.3) is 6.08 Å². The van der Waals surface area contributed by atoms with E-state index >= 15 is 0 Å². The molecule has 0 aliphatic rings. The van der Waals surface area contributed by atoms with Crippen molar-refractivity contribution in [2.75, 3.05) is 17.3 Å². The Labute approximate surface area is 170 Å². The minimum absolute atomic E-state index is 0.120. The molecule has 1 N–H and O–H groups in total. The Morgan fingerprint density at radius 3 is 2.69 bits per heavy atom. The number of thiazole rings is 1. The summed E-state index contributed by atoms with van der Waals surface area (Å²) in [6, 6.07) is 9.26. The van der Waals surface area contributed by atoms with Crippen LogP contribution in [0.3, 0.4) is 0 Å². The van der Waals surface area contributed by atoms with E-state index in [1.807, 2.05) is 0 Å². The molecule has 2 amide bonds. The van der Waals surface area contributed by atoms with E-state index in [2.05, 4.69) is 15.3 Å². The van der Waals surface area contributed by atoms with Crippen LogP contribution < -0.4 is 15.0 Å². The fraction of sp³-hybridized carbons (Fsp3) is 0.100. The summed E-state index contributed by atoms with van der Waals surface area (Å²) in [5, 5.41) is 4.64. The third kappa shape index (κ3) is 5.02. The molecular weight excluding hydrogens is 395 g/mol. The molecule has 2 heterocycles. The highest BCUT2D eigenvalue weighted by Crippen LogP contribution is 2.30. The summed E-state index contributed by atoms with van der Waals surface area (Å²) in [5.74, 6) is -0.824. The molecular formula is C20H17FN4O3S. The van der Waals surface area contributed by atoms with Gasteiger partial charge in [0.15, 0.2) is 5.13 Å². The minimum atomic E-state index is -0.525. The lowest BCUT2D eigenvalue weighted by molar-refractivity contribution is -0.116. The first-order valence-electron chi connectivity index (χ1n) is 8.48. The summed E-state index contributed by atoms with van der Waals surface area (Å²) in [5.41, 5.74) is 1.10. The van der Waals surface area contributed by atoms with Gasteiger partial charge in [0, 0.05) is 24.4 Å². The molecule has 0 saturated carbocycles. The van der Waals surface area contributed by atoms with Crippen LogP contribution in [-0.2, 0) is 9.59 Å². The Morgan fingerprint density at radius 2 is 2.03 bits per heavy atom. The summed E-state index contributed by atoms with van der Waals surface area (Å²) >= 11 is 1.17. The Kier molecular flexibility index (Phi) is 6.30. The second-order valence-corrected chi connectivity index (χ2v) is 6.61. The molecule has 29 heavy (non-hydrogen) atoms. The van der Waals surface area contributed by atoms with Gasteiger partial charge >= 0.3 is 0 Å². The van der Waals surface area contributed by atoms with Crippen molar-refractivity contribution in [2.45, 2.75) is 6.92 Å². The number of methoxy groups -OCH3 is 1. The molecule has 0 fully saturated rings. The molecule has 3 rings (SSSR count). The normalized spacial score (nSPS) is 10.7. The van der Waals surface area contributed by atoms with Gasteiger partial charge in [-0.15, -0.1) is 11.3 Å². The molecule has 9 heteroatoms. The third-order valence-corrected chi connectivity index (χ3v) is 4.57. The number of hydrogen-bond acceptors (Lipinski definition) is 6. The summed E-state index contributed by atoms with van der Waals surface area (Å²) in [6.45, 7) is 1.33. The number of hydrogen-bond donors (Lipinski definition) is 1. The Hall–Kier alpha value is -3.59. The molecule has 0 radical (unpaired) electrons. The molecule has 0 aliphatic heterocycles. The highest BCUT2D eigenvalue weighted by molar-refractivity contribution is 7.14. The number of aromatic nitrogens is 2. The lowest BCUT2D eigenvalue weighted by Crippen LogP contribution is -2.23. The smallest absolute Gasteiger partial charge is 0.248 e. The molecule has 2 aromatic heterocycles. The van der Waals surface area contributed by atoms with Gasteiger partial charge in [-0.1, -0.05) is 12.1 Å². The average Bonchev–Trinajstić information content (AvgIpc) is 3.17. The Bertz CT molecular complexity index is 1050. The number of carbonyl (C=O) groups excluding carboxylic acids is 2. The number of benzene rings is 1. The van der Waals surface area contributed by atoms with Crippen molar-refractivity contribution in [1.82, 2.24) is 9.97 Å². The van der Waals surface area contributed by atoms with Crippen LogP contribution in [0.4, 0.5) is 20.9 Å². The standard InChI is InChI=1S/C20H17FN4O3S/c1-13(26)25(17-6-4-3-5-16(17)21)20-24-15(12-29-20)7-9-18(27)23-14-8-10-19(28-2)22-11-14/h3-12H,1-2H3,(H,23,27)/b9-7+. The summed E-state index contributed by atoms with van der Waals surface area (Å²) in [6.07, 6.45) is 4.29. The lowest BCUT2D eigenvalue weighted by atomic mass is 10.3. The van der Waals surface area contributed by atoms with E-state index in [0.717, 1.165) is 0 Å². The van der Waals surface area contributed by atoms with E-state index in [0.29, 0.717) is 22.4 Å². The molecule has 148 valence electrons. The zero-order valence-electron chi connectivity index (χ0n) is 15.6. The first kappa shape index (κ1) is 20.2. The van der Waals surface area contributed by atoms with E-state index in [1.54, 1.807) is 29.6 Å². The van der Waals surface area contributed by atoms with Crippen molar-refractivity contribution in [1.29, 1.82) is 0 Å². The topological polar surface area (TPSA) is 84.4 Å². The van der Waals surface area contributed by atoms with Crippen LogP contribution in [0.15, 0.2) is 54.1 Å². The predicted octanol–water partition coefficient (Wildman–Crippen LogP) is 4.02. The zero-order valence-corrected chi connectivity index (χ0v) is 16.4. The maximum Gasteiger partial charge on any atom is 0.248 e. The van der Waals surface area contributed by atoms with Gasteiger partial charge < -0.3 is 10.1 Å². The number of anilines is 3. The monoisotopic (exact) mass is 412 g/mol. The van der Waals surface area contributed by atoms with E-state index in [4.69, 9.17) is 4.74 Å². The molecule has 0 atom stereocenters. The van der Waals surface area contributed by atoms with Gasteiger partial charge in [-0.3, -0.25) is 14.5 Å². The largest absolute Gasteiger partial charge is 0.481 e. The number of nitrogens with one attached hydrogen (secondary N) is 1. The van der Waals surface area contributed by atoms with Gasteiger partial charge in [-0.2, -0.15) is 0 Å². The first-order valence-corrected chi connectivity index (χ1v) is 9.35. The second kappa shape index (κ2) is 9.07. The van der Waals surface area contributed by atoms with Crippen molar-refractivity contribution in [3.05, 3.63) is 65.6 Å². The van der Waals surface area contributed by atoms with Crippen LogP contribution in [0, 0.1) is 5.82 Å². The summed E-state index contributed by atoms with van der Waals surface area (Å²) in [7, 11) is 1.50. The average molecular weight is 412 g/mol. The number of para-hydroxylation sites is 1. The maximum absolute atomic E-state index is 14.1. The lowest BCUT2D eigenvalue weighted by Gasteiger charge is -2.18. The molecule has 1 aromatic carbocycles. The van der Waals surface area contributed by atoms with Gasteiger partial charge in [-0.05, 0) is 24.3 Å². The highest BCUT2D eigenvalue weighted by Gasteiger charge is 2.20. The molecule has 7 nitrogen and oxygen atoms in total. The van der Waals surface area contributed by atoms with Crippen LogP contribution >= 0.6 is 11.3 Å². The number of rotatable bonds is 6. The molecule has 3 aromatic rings. The molecule has 0 saturated heterocycles. The van der Waals surface area contributed by atoms with Crippen molar-refractivity contribution in [3.63, 3.8) is 0 Å². The van der Waals surface area contributed by atoms with Crippen LogP contribution in [0.5, 0.6) is 5.88 Å². The van der Waals surface area contributed by atoms with E-state index in [-0.39, 0.29) is 17.5 Å². The van der Waals surface area contributed by atoms with Crippen LogP contribution in [0.2, 0.25) is 0 Å². The maximum atomic E-state index is 14.1. The number of nitrogens with zero attached hydrogens (tertiary/aromatic N) is 3. The summed E-state index contributed by atoms with van der Waals surface area (Å²) < 4.78 is 19.1. The third-order valence-electron chi connectivity index (χ3n) is 3.73. The van der Waals surface area contributed by atoms with E-state index < -0.39 is 5.82 Å². The summed E-state index contributed by atoms with van der Waals surface area (Å²) in [4.78, 5) is 33.6. The van der Waals surface area contributed by atoms with Crippen molar-refractivity contribution in [2.24, 2.45) is 0 Å². The number of pyridine rings is 1. The van der Waals surface area contributed by atoms with Gasteiger partial charge in [0.25, 0.3) is 0 Å². The van der Waals surface area contributed by atoms with E-state index in [9.17, 15) is 14.0 Å². The highest BCUT2D eigenvalue weighted by atomic mass is 32.1. The SMILES string of the molecule is COc1ccc(NC(=O)/C=C/c2csc(N(C(C)=O)c3ccccc3F)n2)cn1. The Balaban J connectivity index is 1.72. The van der Waals surface area contributed by atoms with Gasteiger partial charge in [0.1, 0.15) is 5.82 Å². The van der Waals surface area contributed by atoms with E-state index in [1.165, 1.54) is 60.8 Å². The van der Waals surface area contributed by atoms with Gasteiger partial charge in [0.2, 0.25) is 17.7 Å². The fourth-order valence-corrected chi connectivity index (χ4v) is 3.26. The van der Waals surface area contributed by atoms with Crippen LogP contribution in [0.1, 0.15) is 12.6 Å². The minimum Gasteiger partial charge on any atom is -0.481 e. The van der Waals surface area contributed by atoms with Crippen molar-refractivity contribution < 1.29 is 18.7 Å². The second-order valence-electron chi connectivity index (χ2n) is 5.77. The molecule has 0 bridgehead atoms. The number of ether oxygens (including phenoxy) is 1. The first-order chi connectivity index (χ1) is 14.0. The number of amides is 2. The van der Waals surface area contributed by atoms with Gasteiger partial charge in [0.05, 0.1) is 30.4 Å². The Morgan fingerprint density at radius 1 is 1.24 bits per heavy atom. The van der Waals surface area contributed by atoms with Gasteiger partial charge in [-0.25, -0.2) is 14.4 Å². The molecule has 0 spiro atoms.